The van der Waals surface area contributed by atoms with Gasteiger partial charge in [-0.2, -0.15) is 22.0 Å². The summed E-state index contributed by atoms with van der Waals surface area (Å²) in [5, 5.41) is 5.46. The standard InChI is InChI=1S/C20H20F5N5O2/c21-19(22)32-16-9-13(26)11(10-28-12-4-6-27-7-5-12)8-15(16)30-18(31)14-2-1-3-17(29-14)20(23,24)25/h1-3,8-10,12,19,27H,4-7,26H2,(H,30,31). The average Bonchev–Trinajstić information content (AvgIpc) is 2.74. The predicted molar refractivity (Wildman–Crippen MR) is 108 cm³/mol. The minimum atomic E-state index is -4.75. The van der Waals surface area contributed by atoms with E-state index in [9.17, 15) is 26.7 Å². The van der Waals surface area contributed by atoms with Crippen molar-refractivity contribution in [3.8, 4) is 5.75 Å². The van der Waals surface area contributed by atoms with E-state index in [0.29, 0.717) is 11.6 Å². The molecule has 0 saturated carbocycles. The maximum absolute atomic E-state index is 12.9. The summed E-state index contributed by atoms with van der Waals surface area (Å²) >= 11 is 0. The number of nitrogens with two attached hydrogens (primary N) is 1. The molecule has 4 N–H and O–H groups in total. The fourth-order valence-electron chi connectivity index (χ4n) is 3.06. The van der Waals surface area contributed by atoms with Gasteiger partial charge in [-0.05, 0) is 44.1 Å². The minimum Gasteiger partial charge on any atom is -0.433 e. The van der Waals surface area contributed by atoms with Crippen LogP contribution in [0.1, 0.15) is 34.6 Å². The molecule has 3 rings (SSSR count). The van der Waals surface area contributed by atoms with Gasteiger partial charge in [-0.3, -0.25) is 9.79 Å². The van der Waals surface area contributed by atoms with Gasteiger partial charge in [0.1, 0.15) is 11.4 Å². The van der Waals surface area contributed by atoms with Crippen LogP contribution in [0.2, 0.25) is 0 Å². The molecule has 0 unspecified atom stereocenters. The van der Waals surface area contributed by atoms with Gasteiger partial charge < -0.3 is 21.1 Å². The predicted octanol–water partition coefficient (Wildman–Crippen LogP) is 3.71. The Kier molecular flexibility index (Phi) is 7.23. The first-order valence-corrected chi connectivity index (χ1v) is 9.61. The molecule has 1 aromatic carbocycles. The van der Waals surface area contributed by atoms with E-state index in [0.717, 1.165) is 44.1 Å². The molecule has 1 aromatic heterocycles. The first kappa shape index (κ1) is 23.4. The molecule has 2 heterocycles. The molecule has 12 heteroatoms. The van der Waals surface area contributed by atoms with Crippen molar-refractivity contribution < 1.29 is 31.5 Å². The van der Waals surface area contributed by atoms with Crippen LogP contribution in [0.15, 0.2) is 35.3 Å². The van der Waals surface area contributed by atoms with Gasteiger partial charge in [0.15, 0.2) is 5.75 Å². The summed E-state index contributed by atoms with van der Waals surface area (Å²) < 4.78 is 68.7. The molecule has 1 fully saturated rings. The summed E-state index contributed by atoms with van der Waals surface area (Å²) in [6.45, 7) is -1.60. The number of hydrogen-bond acceptors (Lipinski definition) is 6. The van der Waals surface area contributed by atoms with Gasteiger partial charge in [0.25, 0.3) is 5.91 Å². The number of piperidine rings is 1. The molecule has 172 valence electrons. The fraction of sp³-hybridized carbons (Fsp3) is 0.350. The normalized spacial score (nSPS) is 15.3. The number of nitrogens with one attached hydrogen (secondary N) is 2. The fourth-order valence-corrected chi connectivity index (χ4v) is 3.06. The largest absolute Gasteiger partial charge is 0.433 e. The molecule has 7 nitrogen and oxygen atoms in total. The Balaban J connectivity index is 1.89. The van der Waals surface area contributed by atoms with Crippen LogP contribution in [0, 0.1) is 0 Å². The number of benzene rings is 1. The van der Waals surface area contributed by atoms with Gasteiger partial charge in [-0.15, -0.1) is 0 Å². The van der Waals surface area contributed by atoms with Crippen molar-refractivity contribution in [1.82, 2.24) is 10.3 Å². The number of ether oxygens (including phenoxy) is 1. The van der Waals surface area contributed by atoms with E-state index in [1.54, 1.807) is 0 Å². The van der Waals surface area contributed by atoms with Crippen LogP contribution in [-0.2, 0) is 6.18 Å². The number of hydrogen-bond donors (Lipinski definition) is 3. The number of nitrogen functional groups attached to an aromatic ring is 1. The Hall–Kier alpha value is -3.28. The molecule has 0 bridgehead atoms. The third kappa shape index (κ3) is 6.13. The SMILES string of the molecule is Nc1cc(OC(F)F)c(NC(=O)c2cccc(C(F)(F)F)n2)cc1C=NC1CCNCC1. The van der Waals surface area contributed by atoms with Crippen molar-refractivity contribution in [3.05, 3.63) is 47.3 Å². The van der Waals surface area contributed by atoms with Gasteiger partial charge in [0.2, 0.25) is 0 Å². The second-order valence-electron chi connectivity index (χ2n) is 6.98. The van der Waals surface area contributed by atoms with Crippen LogP contribution < -0.4 is 21.1 Å². The number of carbonyl (C=O) groups excluding carboxylic acids is 1. The van der Waals surface area contributed by atoms with Crippen molar-refractivity contribution in [2.24, 2.45) is 4.99 Å². The van der Waals surface area contributed by atoms with Crippen LogP contribution in [0.25, 0.3) is 0 Å². The quantitative estimate of drug-likeness (QED) is 0.349. The number of pyridine rings is 1. The Morgan fingerprint density at radius 2 is 2.00 bits per heavy atom. The number of carbonyl (C=O) groups is 1. The summed E-state index contributed by atoms with van der Waals surface area (Å²) in [6, 6.07) is 5.20. The number of aromatic nitrogens is 1. The molecule has 1 aliphatic rings. The van der Waals surface area contributed by atoms with E-state index in [-0.39, 0.29) is 17.4 Å². The third-order valence-corrected chi connectivity index (χ3v) is 4.65. The highest BCUT2D eigenvalue weighted by Crippen LogP contribution is 2.32. The summed E-state index contributed by atoms with van der Waals surface area (Å²) in [7, 11) is 0. The topological polar surface area (TPSA) is 102 Å². The van der Waals surface area contributed by atoms with Gasteiger partial charge in [-0.1, -0.05) is 6.07 Å². The Bertz CT molecular complexity index is 991. The molecule has 0 spiro atoms. The monoisotopic (exact) mass is 457 g/mol. The molecule has 0 aliphatic carbocycles. The van der Waals surface area contributed by atoms with Crippen LogP contribution in [0.3, 0.4) is 0 Å². The van der Waals surface area contributed by atoms with Gasteiger partial charge in [0, 0.05) is 23.5 Å². The smallest absolute Gasteiger partial charge is 0.433 e. The van der Waals surface area contributed by atoms with Crippen LogP contribution in [-0.4, -0.2) is 42.8 Å². The average molecular weight is 457 g/mol. The van der Waals surface area contributed by atoms with Crippen molar-refractivity contribution in [2.45, 2.75) is 31.7 Å². The van der Waals surface area contributed by atoms with E-state index < -0.39 is 35.8 Å². The number of aliphatic imine (C=N–C) groups is 1. The first-order valence-electron chi connectivity index (χ1n) is 9.61. The third-order valence-electron chi connectivity index (χ3n) is 4.65. The molecule has 32 heavy (non-hydrogen) atoms. The summed E-state index contributed by atoms with van der Waals surface area (Å²) in [5.74, 6) is -1.49. The zero-order valence-corrected chi connectivity index (χ0v) is 16.6. The van der Waals surface area contributed by atoms with E-state index in [2.05, 4.69) is 25.3 Å². The maximum atomic E-state index is 12.9. The van der Waals surface area contributed by atoms with Gasteiger partial charge >= 0.3 is 12.8 Å². The summed E-state index contributed by atoms with van der Waals surface area (Å²) in [4.78, 5) is 20.2. The Morgan fingerprint density at radius 1 is 1.28 bits per heavy atom. The Morgan fingerprint density at radius 3 is 2.66 bits per heavy atom. The van der Waals surface area contributed by atoms with Crippen LogP contribution in [0.5, 0.6) is 5.75 Å². The van der Waals surface area contributed by atoms with E-state index in [4.69, 9.17) is 5.73 Å². The number of alkyl halides is 5. The lowest BCUT2D eigenvalue weighted by molar-refractivity contribution is -0.141. The molecular weight excluding hydrogens is 437 g/mol. The van der Waals surface area contributed by atoms with Crippen molar-refractivity contribution in [3.63, 3.8) is 0 Å². The number of halogens is 5. The minimum absolute atomic E-state index is 0.0555. The zero-order chi connectivity index (χ0) is 23.3. The molecule has 1 saturated heterocycles. The molecule has 0 atom stereocenters. The molecule has 0 radical (unpaired) electrons. The maximum Gasteiger partial charge on any atom is 0.433 e. The summed E-state index contributed by atoms with van der Waals surface area (Å²) in [6.07, 6.45) is -1.66. The highest BCUT2D eigenvalue weighted by atomic mass is 19.4. The number of amides is 1. The summed E-state index contributed by atoms with van der Waals surface area (Å²) in [5.41, 5.74) is 4.29. The number of nitrogens with zero attached hydrogens (tertiary/aromatic N) is 2. The molecule has 2 aromatic rings. The highest BCUT2D eigenvalue weighted by Gasteiger charge is 2.33. The molecular formula is C20H20F5N5O2. The lowest BCUT2D eigenvalue weighted by Crippen LogP contribution is -2.29. The second-order valence-corrected chi connectivity index (χ2v) is 6.98. The van der Waals surface area contributed by atoms with E-state index >= 15 is 0 Å². The van der Waals surface area contributed by atoms with Crippen molar-refractivity contribution in [1.29, 1.82) is 0 Å². The van der Waals surface area contributed by atoms with E-state index in [1.165, 1.54) is 12.3 Å². The van der Waals surface area contributed by atoms with Crippen molar-refractivity contribution in [2.75, 3.05) is 24.1 Å². The zero-order valence-electron chi connectivity index (χ0n) is 16.6. The lowest BCUT2D eigenvalue weighted by atomic mass is 10.1. The van der Waals surface area contributed by atoms with Crippen LogP contribution >= 0.6 is 0 Å². The van der Waals surface area contributed by atoms with Gasteiger partial charge in [0.05, 0.1) is 11.7 Å². The van der Waals surface area contributed by atoms with E-state index in [1.807, 2.05) is 0 Å². The highest BCUT2D eigenvalue weighted by molar-refractivity contribution is 6.04. The lowest BCUT2D eigenvalue weighted by Gasteiger charge is -2.19. The number of rotatable bonds is 6. The van der Waals surface area contributed by atoms with Crippen LogP contribution in [0.4, 0.5) is 33.3 Å². The first-order chi connectivity index (χ1) is 15.1. The second kappa shape index (κ2) is 9.90. The van der Waals surface area contributed by atoms with Gasteiger partial charge in [-0.25, -0.2) is 4.98 Å². The number of anilines is 2. The van der Waals surface area contributed by atoms with Crippen molar-refractivity contribution >= 4 is 23.5 Å². The molecule has 1 aliphatic heterocycles. The Labute approximate surface area is 179 Å². The molecule has 1 amide bonds.